The maximum absolute atomic E-state index is 14.0. The molecule has 1 aromatic carbocycles. The zero-order valence-electron chi connectivity index (χ0n) is 21.0. The molecule has 0 spiro atoms. The molecule has 6 rings (SSSR count). The van der Waals surface area contributed by atoms with E-state index in [0.29, 0.717) is 24.5 Å². The van der Waals surface area contributed by atoms with E-state index in [9.17, 15) is 14.4 Å². The number of hydrogen-bond acceptors (Lipinski definition) is 5. The second-order valence-electron chi connectivity index (χ2n) is 11.0. The number of aromatic nitrogens is 2. The van der Waals surface area contributed by atoms with Crippen molar-refractivity contribution in [2.45, 2.75) is 70.1 Å². The van der Waals surface area contributed by atoms with Gasteiger partial charge in [-0.15, -0.1) is 0 Å². The quantitative estimate of drug-likeness (QED) is 0.433. The molecule has 3 heterocycles. The lowest BCUT2D eigenvalue weighted by molar-refractivity contribution is -0.183. The van der Waals surface area contributed by atoms with E-state index in [0.717, 1.165) is 61.9 Å². The van der Waals surface area contributed by atoms with Crippen molar-refractivity contribution in [1.29, 1.82) is 5.26 Å². The van der Waals surface area contributed by atoms with Crippen molar-refractivity contribution >= 4 is 16.9 Å². The first kappa shape index (κ1) is 23.9. The number of halogens is 1. The largest absolute Gasteiger partial charge is 0.486 e. The molecule has 2 aliphatic carbocycles. The Hall–Kier alpha value is -3.44. The van der Waals surface area contributed by atoms with Crippen LogP contribution >= 0.6 is 0 Å². The van der Waals surface area contributed by atoms with Gasteiger partial charge in [0.05, 0.1) is 41.5 Å². The van der Waals surface area contributed by atoms with E-state index in [-0.39, 0.29) is 29.0 Å². The molecule has 3 fully saturated rings. The summed E-state index contributed by atoms with van der Waals surface area (Å²) in [5.41, 5.74) is 2.88. The number of hydroxylamine groups is 2. The normalized spacial score (nSPS) is 24.7. The van der Waals surface area contributed by atoms with Crippen molar-refractivity contribution in [2.24, 2.45) is 11.8 Å². The zero-order chi connectivity index (χ0) is 25.6. The number of fused-ring (bicyclic) bond motifs is 1. The fourth-order valence-electron chi connectivity index (χ4n) is 5.73. The lowest BCUT2D eigenvalue weighted by atomic mass is 9.81. The van der Waals surface area contributed by atoms with Crippen LogP contribution in [0.3, 0.4) is 0 Å². The van der Waals surface area contributed by atoms with Crippen molar-refractivity contribution in [2.75, 3.05) is 6.61 Å². The lowest BCUT2D eigenvalue weighted by Gasteiger charge is -2.32. The van der Waals surface area contributed by atoms with E-state index in [1.54, 1.807) is 6.07 Å². The van der Waals surface area contributed by atoms with Crippen molar-refractivity contribution in [3.05, 3.63) is 59.7 Å². The molecule has 1 amide bonds. The van der Waals surface area contributed by atoms with Crippen LogP contribution in [0.5, 0.6) is 5.75 Å². The van der Waals surface area contributed by atoms with Gasteiger partial charge < -0.3 is 9.30 Å². The molecule has 2 saturated carbocycles. The van der Waals surface area contributed by atoms with E-state index >= 15 is 0 Å². The summed E-state index contributed by atoms with van der Waals surface area (Å²) in [6.07, 6.45) is 10.2. The SMILES string of the molecule is CC1(Oc2cnc3ccn(CC4CCC(C(=O)N5OCC[C@H]5c5cc(F)cc(C#N)c5)CC4)c3c2)CC1. The monoisotopic (exact) mass is 502 g/mol. The number of benzene rings is 1. The second-order valence-corrected chi connectivity index (χ2v) is 11.0. The third-order valence-electron chi connectivity index (χ3n) is 8.12. The van der Waals surface area contributed by atoms with E-state index in [2.05, 4.69) is 28.7 Å². The van der Waals surface area contributed by atoms with Gasteiger partial charge in [0.2, 0.25) is 5.91 Å². The third kappa shape index (κ3) is 4.93. The average molecular weight is 503 g/mol. The number of nitriles is 1. The summed E-state index contributed by atoms with van der Waals surface area (Å²) in [4.78, 5) is 23.7. The first-order valence-corrected chi connectivity index (χ1v) is 13.2. The van der Waals surface area contributed by atoms with Gasteiger partial charge in [-0.3, -0.25) is 14.6 Å². The van der Waals surface area contributed by atoms with Gasteiger partial charge in [0.15, 0.2) is 0 Å². The molecule has 8 heteroatoms. The zero-order valence-corrected chi connectivity index (χ0v) is 21.0. The number of rotatable bonds is 6. The van der Waals surface area contributed by atoms with Crippen LogP contribution in [-0.2, 0) is 16.2 Å². The summed E-state index contributed by atoms with van der Waals surface area (Å²) < 4.78 is 22.4. The number of hydrogen-bond donors (Lipinski definition) is 0. The Labute approximate surface area is 215 Å². The molecule has 0 N–H and O–H groups in total. The Morgan fingerprint density at radius 3 is 2.78 bits per heavy atom. The van der Waals surface area contributed by atoms with Crippen molar-refractivity contribution in [1.82, 2.24) is 14.6 Å². The van der Waals surface area contributed by atoms with Gasteiger partial charge in [-0.1, -0.05) is 0 Å². The maximum atomic E-state index is 14.0. The van der Waals surface area contributed by atoms with Crippen molar-refractivity contribution in [3.63, 3.8) is 0 Å². The highest BCUT2D eigenvalue weighted by molar-refractivity contribution is 5.79. The Bertz CT molecular complexity index is 1370. The van der Waals surface area contributed by atoms with Gasteiger partial charge in [0.25, 0.3) is 0 Å². The fraction of sp³-hybridized carbons (Fsp3) is 0.483. The summed E-state index contributed by atoms with van der Waals surface area (Å²) >= 11 is 0. The number of carbonyl (C=O) groups is 1. The van der Waals surface area contributed by atoms with Gasteiger partial charge in [-0.2, -0.15) is 5.26 Å². The Balaban J connectivity index is 1.09. The van der Waals surface area contributed by atoms with Crippen LogP contribution in [0, 0.1) is 29.0 Å². The van der Waals surface area contributed by atoms with Gasteiger partial charge in [0, 0.05) is 31.1 Å². The standard InChI is InChI=1S/C29H31FN4O3/c1-29(8-9-29)37-24-15-27-25(32-17-24)6-10-33(27)18-19-2-4-21(5-3-19)28(35)34-26(7-11-36-34)22-12-20(16-31)13-23(30)14-22/h6,10,12-15,17,19,21,26H,2-5,7-9,11,18H2,1H3/t19?,21?,26-/m0/s1. The third-order valence-corrected chi connectivity index (χ3v) is 8.12. The van der Waals surface area contributed by atoms with Crippen molar-refractivity contribution < 1.29 is 18.8 Å². The first-order chi connectivity index (χ1) is 17.9. The number of nitrogens with zero attached hydrogens (tertiary/aromatic N) is 4. The second kappa shape index (κ2) is 9.46. The molecule has 0 radical (unpaired) electrons. The predicted octanol–water partition coefficient (Wildman–Crippen LogP) is 5.69. The van der Waals surface area contributed by atoms with Crippen LogP contribution in [-0.4, -0.2) is 32.7 Å². The molecule has 1 atom stereocenters. The van der Waals surface area contributed by atoms with Crippen LogP contribution in [0.2, 0.25) is 0 Å². The Morgan fingerprint density at radius 2 is 2.03 bits per heavy atom. The van der Waals surface area contributed by atoms with Gasteiger partial charge in [-0.05, 0) is 81.2 Å². The minimum Gasteiger partial charge on any atom is -0.486 e. The molecule has 1 aliphatic heterocycles. The van der Waals surface area contributed by atoms with E-state index in [4.69, 9.17) is 9.57 Å². The predicted molar refractivity (Wildman–Crippen MR) is 135 cm³/mol. The molecular formula is C29H31FN4O3. The average Bonchev–Trinajstić information content (AvgIpc) is 3.28. The summed E-state index contributed by atoms with van der Waals surface area (Å²) in [7, 11) is 0. The molecule has 0 unspecified atom stereocenters. The fourth-order valence-corrected chi connectivity index (χ4v) is 5.73. The van der Waals surface area contributed by atoms with Crippen molar-refractivity contribution in [3.8, 4) is 11.8 Å². The molecule has 0 bridgehead atoms. The highest BCUT2D eigenvalue weighted by atomic mass is 19.1. The summed E-state index contributed by atoms with van der Waals surface area (Å²) in [6, 6.07) is 10.0. The summed E-state index contributed by atoms with van der Waals surface area (Å²) in [6.45, 7) is 3.42. The minimum atomic E-state index is -0.470. The molecule has 192 valence electrons. The molecular weight excluding hydrogens is 471 g/mol. The van der Waals surface area contributed by atoms with E-state index < -0.39 is 5.82 Å². The molecule has 3 aliphatic rings. The van der Waals surface area contributed by atoms with Crippen LogP contribution in [0.4, 0.5) is 4.39 Å². The van der Waals surface area contributed by atoms with Gasteiger partial charge in [0.1, 0.15) is 17.2 Å². The van der Waals surface area contributed by atoms with Crippen LogP contribution in [0.1, 0.15) is 69.0 Å². The minimum absolute atomic E-state index is 0.0327. The summed E-state index contributed by atoms with van der Waals surface area (Å²) in [5.74, 6) is 0.684. The highest BCUT2D eigenvalue weighted by Crippen LogP contribution is 2.40. The number of amides is 1. The number of ether oxygens (including phenoxy) is 1. The molecule has 1 saturated heterocycles. The van der Waals surface area contributed by atoms with E-state index in [1.807, 2.05) is 18.3 Å². The Morgan fingerprint density at radius 1 is 1.22 bits per heavy atom. The van der Waals surface area contributed by atoms with Gasteiger partial charge >= 0.3 is 0 Å². The van der Waals surface area contributed by atoms with Gasteiger partial charge in [-0.25, -0.2) is 9.45 Å². The van der Waals surface area contributed by atoms with Crippen LogP contribution in [0.25, 0.3) is 11.0 Å². The maximum Gasteiger partial charge on any atom is 0.249 e. The summed E-state index contributed by atoms with van der Waals surface area (Å²) in [5, 5.41) is 10.6. The van der Waals surface area contributed by atoms with E-state index in [1.165, 1.54) is 17.2 Å². The lowest BCUT2D eigenvalue weighted by Crippen LogP contribution is -2.37. The van der Waals surface area contributed by atoms with Crippen LogP contribution < -0.4 is 4.74 Å². The number of pyridine rings is 1. The number of carbonyl (C=O) groups excluding carboxylic acids is 1. The first-order valence-electron chi connectivity index (χ1n) is 13.2. The smallest absolute Gasteiger partial charge is 0.249 e. The Kier molecular flexibility index (Phi) is 6.12. The highest BCUT2D eigenvalue weighted by Gasteiger charge is 2.40. The molecule has 3 aromatic rings. The topological polar surface area (TPSA) is 80.4 Å². The molecule has 2 aromatic heterocycles. The molecule has 7 nitrogen and oxygen atoms in total. The molecule has 37 heavy (non-hydrogen) atoms. The van der Waals surface area contributed by atoms with Crippen LogP contribution in [0.15, 0.2) is 42.7 Å².